The molecule has 0 saturated carbocycles. The SMILES string of the molecule is CCC(C)N1CCCC(=O)CC1. The number of rotatable bonds is 2. The van der Waals surface area contributed by atoms with Gasteiger partial charge in [-0.1, -0.05) is 6.92 Å². The second-order valence-electron chi connectivity index (χ2n) is 3.69. The van der Waals surface area contributed by atoms with E-state index in [0.717, 1.165) is 32.4 Å². The lowest BCUT2D eigenvalue weighted by Crippen LogP contribution is -2.33. The number of Topliss-reactive ketones (excluding diaryl/α,β-unsaturated/α-hetero) is 1. The van der Waals surface area contributed by atoms with E-state index in [1.807, 2.05) is 0 Å². The molecular weight excluding hydrogens is 150 g/mol. The molecule has 0 aliphatic carbocycles. The molecule has 12 heavy (non-hydrogen) atoms. The fraction of sp³-hybridized carbons (Fsp3) is 0.900. The first-order valence-corrected chi connectivity index (χ1v) is 4.99. The Hall–Kier alpha value is -0.370. The molecule has 1 unspecified atom stereocenters. The van der Waals surface area contributed by atoms with Crippen molar-refractivity contribution in [2.45, 2.75) is 45.6 Å². The van der Waals surface area contributed by atoms with Gasteiger partial charge in [-0.2, -0.15) is 0 Å². The van der Waals surface area contributed by atoms with Gasteiger partial charge in [0.2, 0.25) is 0 Å². The van der Waals surface area contributed by atoms with Crippen molar-refractivity contribution in [3.63, 3.8) is 0 Å². The average Bonchev–Trinajstić information content (AvgIpc) is 2.29. The smallest absolute Gasteiger partial charge is 0.134 e. The Morgan fingerprint density at radius 3 is 2.83 bits per heavy atom. The van der Waals surface area contributed by atoms with Crippen LogP contribution in [0.3, 0.4) is 0 Å². The lowest BCUT2D eigenvalue weighted by molar-refractivity contribution is -0.118. The fourth-order valence-electron chi connectivity index (χ4n) is 1.68. The number of carbonyl (C=O) groups excluding carboxylic acids is 1. The summed E-state index contributed by atoms with van der Waals surface area (Å²) in [6, 6.07) is 0.649. The molecule has 2 nitrogen and oxygen atoms in total. The molecular formula is C10H19NO. The molecule has 0 N–H and O–H groups in total. The molecule has 2 heteroatoms. The first kappa shape index (κ1) is 9.72. The highest BCUT2D eigenvalue weighted by Gasteiger charge is 2.16. The first-order valence-electron chi connectivity index (χ1n) is 4.99. The lowest BCUT2D eigenvalue weighted by Gasteiger charge is -2.25. The highest BCUT2D eigenvalue weighted by molar-refractivity contribution is 5.78. The van der Waals surface area contributed by atoms with Crippen LogP contribution in [0.15, 0.2) is 0 Å². The number of likely N-dealkylation sites (tertiary alicyclic amines) is 1. The molecule has 0 aromatic carbocycles. The summed E-state index contributed by atoms with van der Waals surface area (Å²) >= 11 is 0. The number of carbonyl (C=O) groups is 1. The van der Waals surface area contributed by atoms with Crippen LogP contribution in [0.25, 0.3) is 0 Å². The number of hydrogen-bond acceptors (Lipinski definition) is 2. The number of hydrogen-bond donors (Lipinski definition) is 0. The maximum atomic E-state index is 11.1. The topological polar surface area (TPSA) is 20.3 Å². The number of ketones is 1. The van der Waals surface area contributed by atoms with Crippen molar-refractivity contribution in [3.05, 3.63) is 0 Å². The fourth-order valence-corrected chi connectivity index (χ4v) is 1.68. The normalized spacial score (nSPS) is 23.7. The lowest BCUT2D eigenvalue weighted by atomic mass is 10.2. The van der Waals surface area contributed by atoms with Crippen molar-refractivity contribution >= 4 is 5.78 Å². The Balaban J connectivity index is 2.40. The van der Waals surface area contributed by atoms with Crippen LogP contribution >= 0.6 is 0 Å². The van der Waals surface area contributed by atoms with Gasteiger partial charge in [-0.15, -0.1) is 0 Å². The molecule has 0 amide bonds. The van der Waals surface area contributed by atoms with Crippen molar-refractivity contribution in [1.29, 1.82) is 0 Å². The maximum absolute atomic E-state index is 11.1. The summed E-state index contributed by atoms with van der Waals surface area (Å²) in [6.07, 6.45) is 3.81. The van der Waals surface area contributed by atoms with E-state index in [2.05, 4.69) is 18.7 Å². The predicted molar refractivity (Wildman–Crippen MR) is 50.2 cm³/mol. The van der Waals surface area contributed by atoms with Crippen LogP contribution in [0, 0.1) is 0 Å². The molecule has 1 rings (SSSR count). The summed E-state index contributed by atoms with van der Waals surface area (Å²) in [5.41, 5.74) is 0. The third-order valence-electron chi connectivity index (χ3n) is 2.79. The van der Waals surface area contributed by atoms with E-state index in [4.69, 9.17) is 0 Å². The minimum atomic E-state index is 0.445. The predicted octanol–water partition coefficient (Wildman–Crippen LogP) is 1.84. The van der Waals surface area contributed by atoms with Crippen LogP contribution in [0.5, 0.6) is 0 Å². The van der Waals surface area contributed by atoms with Crippen LogP contribution in [-0.2, 0) is 4.79 Å². The second kappa shape index (κ2) is 4.61. The molecule has 1 heterocycles. The molecule has 0 radical (unpaired) electrons. The Morgan fingerprint density at radius 2 is 2.17 bits per heavy atom. The summed E-state index contributed by atoms with van der Waals surface area (Å²) in [5, 5.41) is 0. The van der Waals surface area contributed by atoms with Crippen LogP contribution < -0.4 is 0 Å². The Bertz CT molecular complexity index is 156. The molecule has 1 atom stereocenters. The van der Waals surface area contributed by atoms with E-state index < -0.39 is 0 Å². The molecule has 1 fully saturated rings. The molecule has 0 spiro atoms. The van der Waals surface area contributed by atoms with Gasteiger partial charge in [-0.05, 0) is 26.3 Å². The molecule has 1 aliphatic heterocycles. The Labute approximate surface area is 74.9 Å². The summed E-state index contributed by atoms with van der Waals surface area (Å²) in [4.78, 5) is 13.5. The zero-order chi connectivity index (χ0) is 8.97. The van der Waals surface area contributed by atoms with Crippen LogP contribution in [0.1, 0.15) is 39.5 Å². The molecule has 1 saturated heterocycles. The van der Waals surface area contributed by atoms with Crippen molar-refractivity contribution in [3.8, 4) is 0 Å². The van der Waals surface area contributed by atoms with Gasteiger partial charge < -0.3 is 4.90 Å². The van der Waals surface area contributed by atoms with Crippen LogP contribution in [0.2, 0.25) is 0 Å². The third kappa shape index (κ3) is 2.59. The molecule has 0 bridgehead atoms. The monoisotopic (exact) mass is 169 g/mol. The van der Waals surface area contributed by atoms with E-state index >= 15 is 0 Å². The quantitative estimate of drug-likeness (QED) is 0.628. The standard InChI is InChI=1S/C10H19NO/c1-3-9(2)11-7-4-5-10(12)6-8-11/h9H,3-8H2,1-2H3. The van der Waals surface area contributed by atoms with Crippen molar-refractivity contribution in [1.82, 2.24) is 4.90 Å². The van der Waals surface area contributed by atoms with Gasteiger partial charge in [-0.3, -0.25) is 4.79 Å². The summed E-state index contributed by atoms with van der Waals surface area (Å²) in [5.74, 6) is 0.445. The highest BCUT2D eigenvalue weighted by atomic mass is 16.1. The van der Waals surface area contributed by atoms with Crippen LogP contribution in [-0.4, -0.2) is 29.8 Å². The summed E-state index contributed by atoms with van der Waals surface area (Å²) < 4.78 is 0. The average molecular weight is 169 g/mol. The zero-order valence-electron chi connectivity index (χ0n) is 8.18. The van der Waals surface area contributed by atoms with Crippen LogP contribution in [0.4, 0.5) is 0 Å². The zero-order valence-corrected chi connectivity index (χ0v) is 8.18. The van der Waals surface area contributed by atoms with Crippen molar-refractivity contribution in [2.75, 3.05) is 13.1 Å². The largest absolute Gasteiger partial charge is 0.300 e. The maximum Gasteiger partial charge on any atom is 0.134 e. The first-order chi connectivity index (χ1) is 5.74. The highest BCUT2D eigenvalue weighted by Crippen LogP contribution is 2.11. The summed E-state index contributed by atoms with van der Waals surface area (Å²) in [6.45, 7) is 6.54. The van der Waals surface area contributed by atoms with Gasteiger partial charge >= 0.3 is 0 Å². The Kier molecular flexibility index (Phi) is 3.73. The van der Waals surface area contributed by atoms with Gasteiger partial charge in [0.25, 0.3) is 0 Å². The minimum absolute atomic E-state index is 0.445. The number of nitrogens with zero attached hydrogens (tertiary/aromatic N) is 1. The van der Waals surface area contributed by atoms with E-state index in [-0.39, 0.29) is 0 Å². The molecule has 0 aromatic heterocycles. The minimum Gasteiger partial charge on any atom is -0.300 e. The molecule has 0 aromatic rings. The van der Waals surface area contributed by atoms with E-state index in [9.17, 15) is 4.79 Å². The molecule has 1 aliphatic rings. The summed E-state index contributed by atoms with van der Waals surface area (Å²) in [7, 11) is 0. The Morgan fingerprint density at radius 1 is 1.42 bits per heavy atom. The van der Waals surface area contributed by atoms with Crippen molar-refractivity contribution < 1.29 is 4.79 Å². The van der Waals surface area contributed by atoms with Gasteiger partial charge in [0.1, 0.15) is 5.78 Å². The molecule has 70 valence electrons. The third-order valence-corrected chi connectivity index (χ3v) is 2.79. The van der Waals surface area contributed by atoms with E-state index in [0.29, 0.717) is 11.8 Å². The van der Waals surface area contributed by atoms with Crippen molar-refractivity contribution in [2.24, 2.45) is 0 Å². The van der Waals surface area contributed by atoms with Gasteiger partial charge in [0, 0.05) is 25.4 Å². The van der Waals surface area contributed by atoms with Gasteiger partial charge in [0.15, 0.2) is 0 Å². The van der Waals surface area contributed by atoms with E-state index in [1.165, 1.54) is 6.42 Å². The van der Waals surface area contributed by atoms with E-state index in [1.54, 1.807) is 0 Å². The second-order valence-corrected chi connectivity index (χ2v) is 3.69. The van der Waals surface area contributed by atoms with Gasteiger partial charge in [0.05, 0.1) is 0 Å². The van der Waals surface area contributed by atoms with Gasteiger partial charge in [-0.25, -0.2) is 0 Å².